The molecule has 2 nitrogen and oxygen atoms in total. The summed E-state index contributed by atoms with van der Waals surface area (Å²) in [6.45, 7) is 4.46. The Kier molecular flexibility index (Phi) is 8.77. The van der Waals surface area contributed by atoms with E-state index in [0.29, 0.717) is 0 Å². The highest BCUT2D eigenvalue weighted by Crippen LogP contribution is 2.09. The molecule has 2 aromatic rings. The van der Waals surface area contributed by atoms with Gasteiger partial charge in [0, 0.05) is 5.56 Å². The van der Waals surface area contributed by atoms with Gasteiger partial charge in [-0.15, -0.1) is 5.10 Å². The first-order valence-electron chi connectivity index (χ1n) is 9.75. The van der Waals surface area contributed by atoms with E-state index in [1.165, 1.54) is 56.9 Å². The normalized spacial score (nSPS) is 10.3. The third-order valence-electron chi connectivity index (χ3n) is 4.36. The summed E-state index contributed by atoms with van der Waals surface area (Å²) < 4.78 is 0. The summed E-state index contributed by atoms with van der Waals surface area (Å²) in [5, 5.41) is 8.50. The highest BCUT2D eigenvalue weighted by Gasteiger charge is 1.97. The Morgan fingerprint density at radius 2 is 1.40 bits per heavy atom. The number of unbranched alkanes of at least 4 members (excludes halogenated alkanes) is 5. The van der Waals surface area contributed by atoms with Crippen molar-refractivity contribution < 1.29 is 0 Å². The van der Waals surface area contributed by atoms with Crippen molar-refractivity contribution >= 4 is 0 Å². The summed E-state index contributed by atoms with van der Waals surface area (Å²) in [4.78, 5) is 0. The van der Waals surface area contributed by atoms with Crippen LogP contribution in [0.4, 0.5) is 0 Å². The molecule has 0 radical (unpaired) electrons. The first kappa shape index (κ1) is 19.2. The Bertz CT molecular complexity index is 660. The van der Waals surface area contributed by atoms with Crippen molar-refractivity contribution in [2.24, 2.45) is 0 Å². The fourth-order valence-electron chi connectivity index (χ4n) is 2.76. The lowest BCUT2D eigenvalue weighted by Crippen LogP contribution is -1.95. The van der Waals surface area contributed by atoms with E-state index in [-0.39, 0.29) is 0 Å². The lowest BCUT2D eigenvalue weighted by atomic mass is 10.0. The molecule has 1 heterocycles. The molecule has 0 unspecified atom stereocenters. The second-order valence-electron chi connectivity index (χ2n) is 6.62. The van der Waals surface area contributed by atoms with Crippen LogP contribution in [0.3, 0.4) is 0 Å². The van der Waals surface area contributed by atoms with E-state index in [4.69, 9.17) is 0 Å². The van der Waals surface area contributed by atoms with Gasteiger partial charge in [-0.2, -0.15) is 5.10 Å². The van der Waals surface area contributed by atoms with Gasteiger partial charge in [0.15, 0.2) is 0 Å². The lowest BCUT2D eigenvalue weighted by molar-refractivity contribution is 0.667. The monoisotopic (exact) mass is 334 g/mol. The molecular formula is C23H30N2. The molecule has 0 spiro atoms. The Morgan fingerprint density at radius 3 is 2.08 bits per heavy atom. The molecule has 0 atom stereocenters. The van der Waals surface area contributed by atoms with Gasteiger partial charge >= 0.3 is 0 Å². The smallest absolute Gasteiger partial charge is 0.136 e. The van der Waals surface area contributed by atoms with E-state index >= 15 is 0 Å². The summed E-state index contributed by atoms with van der Waals surface area (Å²) in [6.07, 6.45) is 11.1. The number of aryl methyl sites for hydroxylation is 2. The van der Waals surface area contributed by atoms with Gasteiger partial charge in [0.25, 0.3) is 0 Å². The zero-order valence-electron chi connectivity index (χ0n) is 15.7. The van der Waals surface area contributed by atoms with Crippen molar-refractivity contribution in [3.8, 4) is 11.8 Å². The summed E-state index contributed by atoms with van der Waals surface area (Å²) >= 11 is 0. The molecule has 25 heavy (non-hydrogen) atoms. The molecule has 2 rings (SSSR count). The minimum absolute atomic E-state index is 0.739. The van der Waals surface area contributed by atoms with Crippen molar-refractivity contribution in [1.29, 1.82) is 0 Å². The van der Waals surface area contributed by atoms with E-state index in [0.717, 1.165) is 23.4 Å². The zero-order valence-corrected chi connectivity index (χ0v) is 15.7. The van der Waals surface area contributed by atoms with Crippen LogP contribution in [0.5, 0.6) is 0 Å². The summed E-state index contributed by atoms with van der Waals surface area (Å²) in [6, 6.07) is 12.6. The molecule has 0 fully saturated rings. The van der Waals surface area contributed by atoms with E-state index in [9.17, 15) is 0 Å². The molecule has 0 N–H and O–H groups in total. The molecular weight excluding hydrogens is 304 g/mol. The van der Waals surface area contributed by atoms with E-state index in [1.54, 1.807) is 0 Å². The molecule has 0 aliphatic heterocycles. The number of hydrogen-bond donors (Lipinski definition) is 0. The average Bonchev–Trinajstić information content (AvgIpc) is 2.66. The maximum absolute atomic E-state index is 4.27. The third-order valence-corrected chi connectivity index (χ3v) is 4.36. The molecule has 2 heteroatoms. The number of hydrogen-bond acceptors (Lipinski definition) is 2. The molecule has 0 bridgehead atoms. The third kappa shape index (κ3) is 7.52. The highest BCUT2D eigenvalue weighted by atomic mass is 15.1. The first-order valence-corrected chi connectivity index (χ1v) is 9.75. The van der Waals surface area contributed by atoms with Gasteiger partial charge in [0.05, 0.1) is 5.69 Å². The Labute approximate surface area is 153 Å². The summed E-state index contributed by atoms with van der Waals surface area (Å²) in [5.41, 5.74) is 4.23. The van der Waals surface area contributed by atoms with Crippen LogP contribution in [0.2, 0.25) is 0 Å². The molecule has 0 saturated heterocycles. The van der Waals surface area contributed by atoms with Crippen LogP contribution in [-0.2, 0) is 12.8 Å². The predicted octanol–water partition coefficient (Wildman–Crippen LogP) is 5.73. The van der Waals surface area contributed by atoms with Crippen LogP contribution in [0.15, 0.2) is 36.4 Å². The molecule has 1 aromatic heterocycles. The lowest BCUT2D eigenvalue weighted by Gasteiger charge is -2.01. The number of nitrogens with zero attached hydrogens (tertiary/aromatic N) is 2. The minimum atomic E-state index is 0.739. The van der Waals surface area contributed by atoms with Crippen LogP contribution in [0.1, 0.15) is 81.3 Å². The maximum atomic E-state index is 4.27. The molecule has 0 amide bonds. The van der Waals surface area contributed by atoms with E-state index in [1.807, 2.05) is 12.1 Å². The van der Waals surface area contributed by atoms with Gasteiger partial charge in [-0.3, -0.25) is 0 Å². The maximum Gasteiger partial charge on any atom is 0.136 e. The van der Waals surface area contributed by atoms with Crippen molar-refractivity contribution in [3.63, 3.8) is 0 Å². The molecule has 0 aliphatic carbocycles. The van der Waals surface area contributed by atoms with Gasteiger partial charge in [0.2, 0.25) is 0 Å². The van der Waals surface area contributed by atoms with Crippen LogP contribution in [-0.4, -0.2) is 10.2 Å². The van der Waals surface area contributed by atoms with Gasteiger partial charge in [-0.25, -0.2) is 0 Å². The largest absolute Gasteiger partial charge is 0.154 e. The summed E-state index contributed by atoms with van der Waals surface area (Å²) in [5.74, 6) is 6.29. The fraction of sp³-hybridized carbons (Fsp3) is 0.478. The number of aromatic nitrogens is 2. The van der Waals surface area contributed by atoms with Crippen LogP contribution < -0.4 is 0 Å². The highest BCUT2D eigenvalue weighted by molar-refractivity contribution is 5.40. The topological polar surface area (TPSA) is 25.8 Å². The van der Waals surface area contributed by atoms with Crippen molar-refractivity contribution in [2.75, 3.05) is 0 Å². The summed E-state index contributed by atoms with van der Waals surface area (Å²) in [7, 11) is 0. The molecule has 132 valence electrons. The van der Waals surface area contributed by atoms with Crippen molar-refractivity contribution in [3.05, 3.63) is 58.9 Å². The molecule has 1 aromatic carbocycles. The minimum Gasteiger partial charge on any atom is -0.154 e. The Morgan fingerprint density at radius 1 is 0.680 bits per heavy atom. The number of benzene rings is 1. The quantitative estimate of drug-likeness (QED) is 0.432. The van der Waals surface area contributed by atoms with Crippen LogP contribution >= 0.6 is 0 Å². The second kappa shape index (κ2) is 11.4. The molecule has 0 aliphatic rings. The zero-order chi connectivity index (χ0) is 17.7. The molecule has 0 saturated carbocycles. The first-order chi connectivity index (χ1) is 12.3. The van der Waals surface area contributed by atoms with E-state index in [2.05, 4.69) is 60.2 Å². The van der Waals surface area contributed by atoms with Gasteiger partial charge in [-0.05, 0) is 61.4 Å². The Balaban J connectivity index is 1.85. The van der Waals surface area contributed by atoms with Gasteiger partial charge < -0.3 is 0 Å². The SMILES string of the molecule is CCCCCCc1ccc(C#Cc2ccc(CCCCC)nn2)cc1. The average molecular weight is 335 g/mol. The van der Waals surface area contributed by atoms with E-state index < -0.39 is 0 Å². The van der Waals surface area contributed by atoms with Crippen molar-refractivity contribution in [1.82, 2.24) is 10.2 Å². The Hall–Kier alpha value is -2.14. The van der Waals surface area contributed by atoms with Crippen LogP contribution in [0.25, 0.3) is 0 Å². The van der Waals surface area contributed by atoms with Crippen molar-refractivity contribution in [2.45, 2.75) is 71.6 Å². The predicted molar refractivity (Wildman–Crippen MR) is 106 cm³/mol. The fourth-order valence-corrected chi connectivity index (χ4v) is 2.76. The second-order valence-corrected chi connectivity index (χ2v) is 6.62. The standard InChI is InChI=1S/C23H30N2/c1-3-5-7-9-10-20-12-14-21(15-13-20)16-17-23-19-18-22(24-25-23)11-8-6-4-2/h12-15,18-19H,3-11H2,1-2H3. The van der Waals surface area contributed by atoms with Gasteiger partial charge in [-0.1, -0.05) is 64.0 Å². The van der Waals surface area contributed by atoms with Gasteiger partial charge in [0.1, 0.15) is 5.69 Å². The number of rotatable bonds is 9. The van der Waals surface area contributed by atoms with Crippen LogP contribution in [0, 0.1) is 11.8 Å².